The van der Waals surface area contributed by atoms with Crippen LogP contribution in [0.1, 0.15) is 18.5 Å². The second-order valence-corrected chi connectivity index (χ2v) is 5.41. The Balaban J connectivity index is 2.09. The van der Waals surface area contributed by atoms with E-state index in [1.54, 1.807) is 0 Å². The Morgan fingerprint density at radius 2 is 1.60 bits per heavy atom. The van der Waals surface area contributed by atoms with Crippen molar-refractivity contribution in [1.82, 2.24) is 4.98 Å². The van der Waals surface area contributed by atoms with Gasteiger partial charge in [0.05, 0.1) is 0 Å². The van der Waals surface area contributed by atoms with Crippen LogP contribution in [0.2, 0.25) is 0 Å². The average molecular weight is 284 g/mol. The molecular formula is C18H18ClN. The van der Waals surface area contributed by atoms with Crippen molar-refractivity contribution >= 4 is 22.5 Å². The number of fused-ring (bicyclic) bond motifs is 1. The number of aromatic amines is 1. The molecule has 2 aromatic carbocycles. The zero-order valence-corrected chi connectivity index (χ0v) is 12.2. The van der Waals surface area contributed by atoms with E-state index in [2.05, 4.69) is 59.6 Å². The summed E-state index contributed by atoms with van der Waals surface area (Å²) in [5, 5.41) is 1.31. The van der Waals surface area contributed by atoms with Gasteiger partial charge in [-0.25, -0.2) is 0 Å². The molecule has 0 saturated carbocycles. The summed E-state index contributed by atoms with van der Waals surface area (Å²) in [7, 11) is 0. The van der Waals surface area contributed by atoms with Gasteiger partial charge in [-0.3, -0.25) is 0 Å². The third-order valence-corrected chi connectivity index (χ3v) is 3.92. The molecule has 102 valence electrons. The Bertz CT molecular complexity index is 685. The molecule has 0 fully saturated rings. The predicted octanol–water partition coefficient (Wildman–Crippen LogP) is 5.40. The van der Waals surface area contributed by atoms with Gasteiger partial charge in [0.2, 0.25) is 0 Å². The number of aryl methyl sites for hydroxylation is 1. The highest BCUT2D eigenvalue weighted by molar-refractivity contribution is 6.17. The van der Waals surface area contributed by atoms with Crippen molar-refractivity contribution in [3.63, 3.8) is 0 Å². The number of hydrogen-bond acceptors (Lipinski definition) is 0. The van der Waals surface area contributed by atoms with Crippen LogP contribution >= 0.6 is 11.6 Å². The van der Waals surface area contributed by atoms with Gasteiger partial charge >= 0.3 is 0 Å². The number of halogens is 1. The third kappa shape index (κ3) is 2.59. The number of alkyl halides is 1. The summed E-state index contributed by atoms with van der Waals surface area (Å²) in [6.07, 6.45) is 3.23. The van der Waals surface area contributed by atoms with Crippen LogP contribution in [-0.4, -0.2) is 10.9 Å². The van der Waals surface area contributed by atoms with E-state index in [9.17, 15) is 0 Å². The molecule has 0 aliphatic rings. The van der Waals surface area contributed by atoms with Gasteiger partial charge in [0.1, 0.15) is 0 Å². The minimum absolute atomic E-state index is 0.737. The van der Waals surface area contributed by atoms with Crippen LogP contribution in [0.3, 0.4) is 0 Å². The molecule has 3 rings (SSSR count). The van der Waals surface area contributed by atoms with Crippen LogP contribution in [0.4, 0.5) is 0 Å². The molecule has 0 saturated heterocycles. The predicted molar refractivity (Wildman–Crippen MR) is 87.4 cm³/mol. The van der Waals surface area contributed by atoms with Crippen LogP contribution in [0.25, 0.3) is 22.0 Å². The molecule has 2 heteroatoms. The number of unbranched alkanes of at least 4 members (excludes halogenated alkanes) is 1. The van der Waals surface area contributed by atoms with Gasteiger partial charge in [-0.1, -0.05) is 48.5 Å². The SMILES string of the molecule is ClCCCCc1[nH]c2ccccc2c1-c1ccccc1. The lowest BCUT2D eigenvalue weighted by molar-refractivity contribution is 0.788. The lowest BCUT2D eigenvalue weighted by Crippen LogP contribution is -1.90. The fraction of sp³-hybridized carbons (Fsp3) is 0.222. The summed E-state index contributed by atoms with van der Waals surface area (Å²) in [6.45, 7) is 0. The minimum Gasteiger partial charge on any atom is -0.358 e. The lowest BCUT2D eigenvalue weighted by Gasteiger charge is -2.05. The minimum atomic E-state index is 0.737. The number of hydrogen-bond donors (Lipinski definition) is 1. The topological polar surface area (TPSA) is 15.8 Å². The van der Waals surface area contributed by atoms with Gasteiger partial charge in [-0.05, 0) is 30.9 Å². The van der Waals surface area contributed by atoms with E-state index >= 15 is 0 Å². The summed E-state index contributed by atoms with van der Waals surface area (Å²) >= 11 is 5.79. The van der Waals surface area contributed by atoms with Gasteiger partial charge in [-0.15, -0.1) is 11.6 Å². The first-order chi connectivity index (χ1) is 9.90. The van der Waals surface area contributed by atoms with Crippen molar-refractivity contribution in [2.45, 2.75) is 19.3 Å². The number of benzene rings is 2. The molecule has 0 radical (unpaired) electrons. The van der Waals surface area contributed by atoms with Gasteiger partial charge in [0, 0.05) is 28.0 Å². The zero-order valence-electron chi connectivity index (χ0n) is 11.4. The molecule has 0 aliphatic heterocycles. The Hall–Kier alpha value is -1.73. The summed E-state index contributed by atoms with van der Waals surface area (Å²) in [5.74, 6) is 0.737. The zero-order chi connectivity index (χ0) is 13.8. The molecule has 0 atom stereocenters. The van der Waals surface area contributed by atoms with Gasteiger partial charge < -0.3 is 4.98 Å². The summed E-state index contributed by atoms with van der Waals surface area (Å²) < 4.78 is 0. The molecule has 20 heavy (non-hydrogen) atoms. The highest BCUT2D eigenvalue weighted by atomic mass is 35.5. The smallest absolute Gasteiger partial charge is 0.0462 e. The van der Waals surface area contributed by atoms with Crippen molar-refractivity contribution in [1.29, 1.82) is 0 Å². The second kappa shape index (κ2) is 6.15. The quantitative estimate of drug-likeness (QED) is 0.477. The van der Waals surface area contributed by atoms with Crippen LogP contribution in [0, 0.1) is 0 Å². The summed E-state index contributed by atoms with van der Waals surface area (Å²) in [4.78, 5) is 3.58. The average Bonchev–Trinajstić information content (AvgIpc) is 2.86. The first-order valence-corrected chi connectivity index (χ1v) is 7.64. The Labute approximate surface area is 124 Å². The van der Waals surface area contributed by atoms with E-state index < -0.39 is 0 Å². The largest absolute Gasteiger partial charge is 0.358 e. The maximum absolute atomic E-state index is 5.79. The molecule has 1 heterocycles. The van der Waals surface area contributed by atoms with E-state index in [0.717, 1.165) is 25.1 Å². The molecular weight excluding hydrogens is 266 g/mol. The monoisotopic (exact) mass is 283 g/mol. The van der Waals surface area contributed by atoms with Crippen molar-refractivity contribution in [2.24, 2.45) is 0 Å². The number of rotatable bonds is 5. The van der Waals surface area contributed by atoms with Crippen molar-refractivity contribution < 1.29 is 0 Å². The highest BCUT2D eigenvalue weighted by Crippen LogP contribution is 2.33. The summed E-state index contributed by atoms with van der Waals surface area (Å²) in [5.41, 5.74) is 5.16. The fourth-order valence-electron chi connectivity index (χ4n) is 2.72. The number of nitrogens with one attached hydrogen (secondary N) is 1. The molecule has 3 aromatic rings. The Morgan fingerprint density at radius 1 is 0.850 bits per heavy atom. The number of H-pyrrole nitrogens is 1. The Morgan fingerprint density at radius 3 is 2.40 bits per heavy atom. The molecule has 0 unspecified atom stereocenters. The molecule has 0 amide bonds. The molecule has 1 aromatic heterocycles. The van der Waals surface area contributed by atoms with E-state index in [1.807, 2.05) is 0 Å². The molecule has 1 N–H and O–H groups in total. The molecule has 0 spiro atoms. The molecule has 0 bridgehead atoms. The van der Waals surface area contributed by atoms with Gasteiger partial charge in [0.25, 0.3) is 0 Å². The maximum Gasteiger partial charge on any atom is 0.0462 e. The van der Waals surface area contributed by atoms with Crippen molar-refractivity contribution in [3.8, 4) is 11.1 Å². The van der Waals surface area contributed by atoms with E-state index in [0.29, 0.717) is 0 Å². The van der Waals surface area contributed by atoms with Crippen LogP contribution in [0.5, 0.6) is 0 Å². The highest BCUT2D eigenvalue weighted by Gasteiger charge is 2.12. The maximum atomic E-state index is 5.79. The van der Waals surface area contributed by atoms with Gasteiger partial charge in [0.15, 0.2) is 0 Å². The van der Waals surface area contributed by atoms with Crippen LogP contribution in [0.15, 0.2) is 54.6 Å². The number of aromatic nitrogens is 1. The van der Waals surface area contributed by atoms with Crippen LogP contribution in [-0.2, 0) is 6.42 Å². The first-order valence-electron chi connectivity index (χ1n) is 7.11. The summed E-state index contributed by atoms with van der Waals surface area (Å²) in [6, 6.07) is 19.1. The standard InChI is InChI=1S/C18H18ClN/c19-13-7-6-12-17-18(14-8-2-1-3-9-14)15-10-4-5-11-16(15)20-17/h1-5,8-11,20H,6-7,12-13H2. The van der Waals surface area contributed by atoms with E-state index in [4.69, 9.17) is 11.6 Å². The molecule has 1 nitrogen and oxygen atoms in total. The van der Waals surface area contributed by atoms with Crippen molar-refractivity contribution in [3.05, 3.63) is 60.3 Å². The second-order valence-electron chi connectivity index (χ2n) is 5.04. The van der Waals surface area contributed by atoms with E-state index in [1.165, 1.54) is 27.7 Å². The van der Waals surface area contributed by atoms with Gasteiger partial charge in [-0.2, -0.15) is 0 Å². The van der Waals surface area contributed by atoms with Crippen molar-refractivity contribution in [2.75, 3.05) is 5.88 Å². The normalized spacial score (nSPS) is 11.1. The van der Waals surface area contributed by atoms with E-state index in [-0.39, 0.29) is 0 Å². The number of para-hydroxylation sites is 1. The molecule has 0 aliphatic carbocycles. The third-order valence-electron chi connectivity index (χ3n) is 3.66. The first kappa shape index (κ1) is 13.3. The van der Waals surface area contributed by atoms with Crippen LogP contribution < -0.4 is 0 Å². The Kier molecular flexibility index (Phi) is 4.08. The fourth-order valence-corrected chi connectivity index (χ4v) is 2.91. The lowest BCUT2D eigenvalue weighted by atomic mass is 10.00.